The van der Waals surface area contributed by atoms with E-state index >= 15 is 0 Å². The van der Waals surface area contributed by atoms with Gasteiger partial charge in [0.1, 0.15) is 5.75 Å². The molecule has 2 N–H and O–H groups in total. The molecule has 8 nitrogen and oxygen atoms in total. The number of aromatic nitrogens is 5. The molecular weight excluding hydrogens is 543 g/mol. The van der Waals surface area contributed by atoms with Gasteiger partial charge in [0, 0.05) is 23.8 Å². The first-order chi connectivity index (χ1) is 20.4. The Morgan fingerprint density at radius 2 is 1.67 bits per heavy atom. The summed E-state index contributed by atoms with van der Waals surface area (Å²) >= 11 is 0. The lowest BCUT2D eigenvalue weighted by molar-refractivity contribution is -0.137. The monoisotopic (exact) mass is 569 g/mol. The van der Waals surface area contributed by atoms with Crippen LogP contribution in [0.15, 0.2) is 91.4 Å². The molecule has 0 radical (unpaired) electrons. The van der Waals surface area contributed by atoms with Gasteiger partial charge in [-0.2, -0.15) is 23.1 Å². The van der Waals surface area contributed by atoms with Gasteiger partial charge in [-0.25, -0.2) is 4.98 Å². The molecule has 0 aliphatic carbocycles. The fraction of sp³-hybridized carbons (Fsp3) is 0.161. The first kappa shape index (κ1) is 27.0. The van der Waals surface area contributed by atoms with Crippen LogP contribution in [0.1, 0.15) is 16.7 Å². The molecule has 0 atom stereocenters. The average molecular weight is 570 g/mol. The first-order valence-corrected chi connectivity index (χ1v) is 13.2. The highest BCUT2D eigenvalue weighted by Gasteiger charge is 2.30. The van der Waals surface area contributed by atoms with Gasteiger partial charge in [0.05, 0.1) is 31.1 Å². The van der Waals surface area contributed by atoms with E-state index < -0.39 is 11.7 Å². The van der Waals surface area contributed by atoms with E-state index in [4.69, 9.17) is 14.7 Å². The molecule has 0 aliphatic heterocycles. The topological polar surface area (TPSA) is 89.8 Å². The molecular formula is C31H26F3N7O. The zero-order chi connectivity index (χ0) is 29.1. The zero-order valence-electron chi connectivity index (χ0n) is 22.6. The SMILES string of the molecule is COc1ccc(CCNc2nc(Nc3ccc4ncccc4c3)nc3c2ncn3Cc2ccc(C(F)(F)F)cc2)cc1. The second-order valence-corrected chi connectivity index (χ2v) is 9.70. The minimum atomic E-state index is -4.39. The van der Waals surface area contributed by atoms with Crippen molar-refractivity contribution in [1.29, 1.82) is 0 Å². The zero-order valence-corrected chi connectivity index (χ0v) is 22.6. The Labute approximate surface area is 239 Å². The van der Waals surface area contributed by atoms with Gasteiger partial charge in [-0.1, -0.05) is 30.3 Å². The Morgan fingerprint density at radius 3 is 2.43 bits per heavy atom. The largest absolute Gasteiger partial charge is 0.497 e. The molecule has 0 fully saturated rings. The van der Waals surface area contributed by atoms with Crippen LogP contribution in [0.4, 0.5) is 30.6 Å². The summed E-state index contributed by atoms with van der Waals surface area (Å²) in [7, 11) is 1.63. The Bertz CT molecular complexity index is 1840. The Kier molecular flexibility index (Phi) is 7.30. The minimum absolute atomic E-state index is 0.290. The molecule has 6 rings (SSSR count). The third-order valence-corrected chi connectivity index (χ3v) is 6.82. The van der Waals surface area contributed by atoms with Crippen LogP contribution in [0, 0.1) is 0 Å². The number of fused-ring (bicyclic) bond motifs is 2. The van der Waals surface area contributed by atoms with E-state index in [1.54, 1.807) is 24.2 Å². The van der Waals surface area contributed by atoms with Crippen LogP contribution in [0.2, 0.25) is 0 Å². The number of alkyl halides is 3. The van der Waals surface area contributed by atoms with E-state index in [9.17, 15) is 13.2 Å². The molecule has 212 valence electrons. The van der Waals surface area contributed by atoms with Crippen molar-refractivity contribution in [3.8, 4) is 5.75 Å². The maximum Gasteiger partial charge on any atom is 0.416 e. The van der Waals surface area contributed by atoms with Crippen molar-refractivity contribution in [1.82, 2.24) is 24.5 Å². The Balaban J connectivity index is 1.30. The minimum Gasteiger partial charge on any atom is -0.497 e. The molecule has 0 spiro atoms. The lowest BCUT2D eigenvalue weighted by Crippen LogP contribution is -2.10. The summed E-state index contributed by atoms with van der Waals surface area (Å²) in [5, 5.41) is 7.64. The molecule has 3 aromatic carbocycles. The fourth-order valence-corrected chi connectivity index (χ4v) is 4.63. The van der Waals surface area contributed by atoms with Crippen LogP contribution in [0.3, 0.4) is 0 Å². The van der Waals surface area contributed by atoms with Crippen LogP contribution in [0.5, 0.6) is 5.75 Å². The maximum atomic E-state index is 13.0. The summed E-state index contributed by atoms with van der Waals surface area (Å²) in [4.78, 5) is 18.4. The van der Waals surface area contributed by atoms with E-state index in [1.165, 1.54) is 12.1 Å². The van der Waals surface area contributed by atoms with Gasteiger partial charge < -0.3 is 19.9 Å². The third kappa shape index (κ3) is 5.95. The highest BCUT2D eigenvalue weighted by atomic mass is 19.4. The van der Waals surface area contributed by atoms with Gasteiger partial charge in [0.15, 0.2) is 17.0 Å². The molecule has 0 saturated carbocycles. The van der Waals surface area contributed by atoms with E-state index in [2.05, 4.69) is 20.6 Å². The van der Waals surface area contributed by atoms with Crippen LogP contribution in [-0.4, -0.2) is 38.2 Å². The van der Waals surface area contributed by atoms with Gasteiger partial charge in [0.25, 0.3) is 0 Å². The quantitative estimate of drug-likeness (QED) is 0.197. The second-order valence-electron chi connectivity index (χ2n) is 9.70. The van der Waals surface area contributed by atoms with E-state index in [1.807, 2.05) is 54.6 Å². The summed E-state index contributed by atoms with van der Waals surface area (Å²) in [6.07, 6.45) is -0.285. The van der Waals surface area contributed by atoms with Crippen LogP contribution >= 0.6 is 0 Å². The molecule has 0 amide bonds. The Morgan fingerprint density at radius 1 is 0.881 bits per heavy atom. The summed E-state index contributed by atoms with van der Waals surface area (Å²) < 4.78 is 46.2. The molecule has 3 heterocycles. The number of benzene rings is 3. The van der Waals surface area contributed by atoms with Crippen molar-refractivity contribution < 1.29 is 17.9 Å². The normalized spacial score (nSPS) is 11.6. The molecule has 6 aromatic rings. The number of rotatable bonds is 9. The van der Waals surface area contributed by atoms with Crippen molar-refractivity contribution in [2.45, 2.75) is 19.1 Å². The van der Waals surface area contributed by atoms with Gasteiger partial charge >= 0.3 is 6.18 Å². The van der Waals surface area contributed by atoms with Crippen molar-refractivity contribution in [2.24, 2.45) is 0 Å². The van der Waals surface area contributed by atoms with Gasteiger partial charge in [-0.15, -0.1) is 0 Å². The molecule has 0 aliphatic rings. The third-order valence-electron chi connectivity index (χ3n) is 6.82. The number of hydrogen-bond donors (Lipinski definition) is 2. The number of halogens is 3. The first-order valence-electron chi connectivity index (χ1n) is 13.2. The predicted octanol–water partition coefficient (Wildman–Crippen LogP) is 6.85. The molecule has 0 saturated heterocycles. The summed E-state index contributed by atoms with van der Waals surface area (Å²) in [5.41, 5.74) is 3.88. The van der Waals surface area contributed by atoms with Crippen LogP contribution < -0.4 is 15.4 Å². The van der Waals surface area contributed by atoms with Gasteiger partial charge in [-0.05, 0) is 66.1 Å². The lowest BCUT2D eigenvalue weighted by atomic mass is 10.1. The number of nitrogens with one attached hydrogen (secondary N) is 2. The molecule has 3 aromatic heterocycles. The number of methoxy groups -OCH3 is 1. The maximum absolute atomic E-state index is 13.0. The molecule has 0 unspecified atom stereocenters. The van der Waals surface area contributed by atoms with Crippen LogP contribution in [-0.2, 0) is 19.1 Å². The van der Waals surface area contributed by atoms with Crippen molar-refractivity contribution >= 4 is 39.5 Å². The number of pyridine rings is 1. The fourth-order valence-electron chi connectivity index (χ4n) is 4.63. The molecule has 0 bridgehead atoms. The standard InChI is InChI=1S/C31H26F3N7O/c1-42-25-11-6-20(7-12-25)14-16-36-28-27-29(41(19-37-27)18-21-4-8-23(9-5-21)31(32,33)34)40-30(39-28)38-24-10-13-26-22(17-24)3-2-15-35-26/h2-13,15,17,19H,14,16,18H2,1H3,(H2,36,38,39,40). The van der Waals surface area contributed by atoms with E-state index in [0.29, 0.717) is 35.0 Å². The smallest absolute Gasteiger partial charge is 0.416 e. The van der Waals surface area contributed by atoms with Crippen molar-refractivity contribution in [3.05, 3.63) is 108 Å². The van der Waals surface area contributed by atoms with E-state index in [0.717, 1.165) is 46.5 Å². The van der Waals surface area contributed by atoms with Crippen molar-refractivity contribution in [2.75, 3.05) is 24.3 Å². The summed E-state index contributed by atoms with van der Waals surface area (Å²) in [6.45, 7) is 0.878. The van der Waals surface area contributed by atoms with Gasteiger partial charge in [0.2, 0.25) is 5.95 Å². The Hall–Kier alpha value is -5.19. The number of ether oxygens (including phenoxy) is 1. The van der Waals surface area contributed by atoms with Gasteiger partial charge in [-0.3, -0.25) is 4.98 Å². The second kappa shape index (κ2) is 11.4. The number of anilines is 3. The number of nitrogens with zero attached hydrogens (tertiary/aromatic N) is 5. The molecule has 42 heavy (non-hydrogen) atoms. The lowest BCUT2D eigenvalue weighted by Gasteiger charge is -2.12. The van der Waals surface area contributed by atoms with Crippen molar-refractivity contribution in [3.63, 3.8) is 0 Å². The average Bonchev–Trinajstić information content (AvgIpc) is 3.39. The highest BCUT2D eigenvalue weighted by molar-refractivity contribution is 5.86. The van der Waals surface area contributed by atoms with Crippen LogP contribution in [0.25, 0.3) is 22.1 Å². The number of imidazole rings is 1. The molecule has 11 heteroatoms. The van der Waals surface area contributed by atoms with E-state index in [-0.39, 0.29) is 6.54 Å². The number of hydrogen-bond acceptors (Lipinski definition) is 7. The summed E-state index contributed by atoms with van der Waals surface area (Å²) in [6, 6.07) is 22.6. The summed E-state index contributed by atoms with van der Waals surface area (Å²) in [5.74, 6) is 1.69. The highest BCUT2D eigenvalue weighted by Crippen LogP contribution is 2.30. The predicted molar refractivity (Wildman–Crippen MR) is 156 cm³/mol.